The van der Waals surface area contributed by atoms with Gasteiger partial charge in [0.25, 0.3) is 0 Å². The van der Waals surface area contributed by atoms with Gasteiger partial charge in [0.15, 0.2) is 0 Å². The fourth-order valence-electron chi connectivity index (χ4n) is 1.51. The Morgan fingerprint density at radius 3 is 2.53 bits per heavy atom. The largest absolute Gasteiger partial charge is 0.346 e. The Labute approximate surface area is 94.2 Å². The normalized spacial score (nSPS) is 10.3. The zero-order valence-electron chi connectivity index (χ0n) is 10.5. The monoisotopic (exact) mass is 214 g/mol. The fourth-order valence-corrected chi connectivity index (χ4v) is 1.51. The van der Waals surface area contributed by atoms with Crippen molar-refractivity contribution in [2.45, 2.75) is 45.4 Å². The third-order valence-corrected chi connectivity index (χ3v) is 2.59. The summed E-state index contributed by atoms with van der Waals surface area (Å²) in [5, 5.41) is 3.05. The molecule has 90 valence electrons. The molecule has 3 heteroatoms. The van der Waals surface area contributed by atoms with Crippen LogP contribution in [0.25, 0.3) is 0 Å². The smallest absolute Gasteiger partial charge is 0.222 e. The minimum Gasteiger partial charge on any atom is -0.346 e. The highest BCUT2D eigenvalue weighted by Gasteiger charge is 2.06. The van der Waals surface area contributed by atoms with Crippen molar-refractivity contribution in [2.24, 2.45) is 0 Å². The summed E-state index contributed by atoms with van der Waals surface area (Å²) < 4.78 is 0. The number of nitrogens with zero attached hydrogens (tertiary/aromatic N) is 1. The Morgan fingerprint density at radius 1 is 1.20 bits per heavy atom. The van der Waals surface area contributed by atoms with Crippen LogP contribution >= 0.6 is 0 Å². The SMILES string of the molecule is CCCCCCN(C)C(=O)CCCNC. The Morgan fingerprint density at radius 2 is 1.93 bits per heavy atom. The molecule has 0 saturated carbocycles. The molecule has 0 aromatic carbocycles. The van der Waals surface area contributed by atoms with E-state index in [1.54, 1.807) is 0 Å². The van der Waals surface area contributed by atoms with Gasteiger partial charge in [0.2, 0.25) is 5.91 Å². The summed E-state index contributed by atoms with van der Waals surface area (Å²) in [6.45, 7) is 4.04. The quantitative estimate of drug-likeness (QED) is 0.596. The number of carbonyl (C=O) groups is 1. The van der Waals surface area contributed by atoms with Crippen LogP contribution in [0.4, 0.5) is 0 Å². The number of carbonyl (C=O) groups excluding carboxylic acids is 1. The molecule has 0 aliphatic rings. The summed E-state index contributed by atoms with van der Waals surface area (Å²) in [5.74, 6) is 0.279. The summed E-state index contributed by atoms with van der Waals surface area (Å²) in [6, 6.07) is 0. The molecule has 15 heavy (non-hydrogen) atoms. The van der Waals surface area contributed by atoms with Gasteiger partial charge in [-0.1, -0.05) is 26.2 Å². The second-order valence-corrected chi connectivity index (χ2v) is 4.08. The first-order chi connectivity index (χ1) is 7.22. The minimum absolute atomic E-state index is 0.279. The van der Waals surface area contributed by atoms with Crippen LogP contribution in [-0.4, -0.2) is 38.0 Å². The van der Waals surface area contributed by atoms with E-state index in [-0.39, 0.29) is 5.91 Å². The van der Waals surface area contributed by atoms with Gasteiger partial charge in [-0.3, -0.25) is 4.79 Å². The number of hydrogen-bond acceptors (Lipinski definition) is 2. The van der Waals surface area contributed by atoms with E-state index in [9.17, 15) is 4.79 Å². The first-order valence-corrected chi connectivity index (χ1v) is 6.11. The van der Waals surface area contributed by atoms with Crippen molar-refractivity contribution in [2.75, 3.05) is 27.2 Å². The second kappa shape index (κ2) is 9.97. The fraction of sp³-hybridized carbons (Fsp3) is 0.917. The van der Waals surface area contributed by atoms with Gasteiger partial charge >= 0.3 is 0 Å². The van der Waals surface area contributed by atoms with E-state index in [1.165, 1.54) is 19.3 Å². The van der Waals surface area contributed by atoms with Gasteiger partial charge in [0.1, 0.15) is 0 Å². The summed E-state index contributed by atoms with van der Waals surface area (Å²) >= 11 is 0. The van der Waals surface area contributed by atoms with E-state index in [4.69, 9.17) is 0 Å². The van der Waals surface area contributed by atoms with Crippen molar-refractivity contribution in [1.82, 2.24) is 10.2 Å². The van der Waals surface area contributed by atoms with Gasteiger partial charge in [-0.2, -0.15) is 0 Å². The van der Waals surface area contributed by atoms with Crippen molar-refractivity contribution in [3.8, 4) is 0 Å². The van der Waals surface area contributed by atoms with E-state index >= 15 is 0 Å². The van der Waals surface area contributed by atoms with Crippen molar-refractivity contribution in [1.29, 1.82) is 0 Å². The van der Waals surface area contributed by atoms with Crippen LogP contribution < -0.4 is 5.32 Å². The van der Waals surface area contributed by atoms with E-state index in [0.717, 1.165) is 25.9 Å². The zero-order chi connectivity index (χ0) is 11.5. The molecule has 0 saturated heterocycles. The number of rotatable bonds is 9. The average Bonchev–Trinajstić information content (AvgIpc) is 2.24. The van der Waals surface area contributed by atoms with Crippen molar-refractivity contribution < 1.29 is 4.79 Å². The van der Waals surface area contributed by atoms with Crippen molar-refractivity contribution in [3.05, 3.63) is 0 Å². The van der Waals surface area contributed by atoms with Crippen LogP contribution in [0, 0.1) is 0 Å². The second-order valence-electron chi connectivity index (χ2n) is 4.08. The summed E-state index contributed by atoms with van der Waals surface area (Å²) in [7, 11) is 3.83. The maximum atomic E-state index is 11.6. The van der Waals surface area contributed by atoms with Gasteiger partial charge in [-0.15, -0.1) is 0 Å². The summed E-state index contributed by atoms with van der Waals surface area (Å²) in [4.78, 5) is 13.4. The molecule has 3 nitrogen and oxygen atoms in total. The molecule has 0 aromatic heterocycles. The van der Waals surface area contributed by atoms with Crippen LogP contribution in [0.5, 0.6) is 0 Å². The highest BCUT2D eigenvalue weighted by molar-refractivity contribution is 5.75. The number of nitrogens with one attached hydrogen (secondary N) is 1. The van der Waals surface area contributed by atoms with E-state index in [1.807, 2.05) is 19.0 Å². The molecule has 0 unspecified atom stereocenters. The highest BCUT2D eigenvalue weighted by atomic mass is 16.2. The molecule has 0 fully saturated rings. The first kappa shape index (κ1) is 14.4. The third kappa shape index (κ3) is 8.43. The molecule has 0 bridgehead atoms. The van der Waals surface area contributed by atoms with E-state index in [0.29, 0.717) is 6.42 Å². The van der Waals surface area contributed by atoms with Crippen LogP contribution in [-0.2, 0) is 4.79 Å². The summed E-state index contributed by atoms with van der Waals surface area (Å²) in [5.41, 5.74) is 0. The lowest BCUT2D eigenvalue weighted by molar-refractivity contribution is -0.130. The van der Waals surface area contributed by atoms with Crippen LogP contribution in [0.1, 0.15) is 45.4 Å². The summed E-state index contributed by atoms with van der Waals surface area (Å²) in [6.07, 6.45) is 6.52. The zero-order valence-corrected chi connectivity index (χ0v) is 10.5. The van der Waals surface area contributed by atoms with Crippen LogP contribution in [0.2, 0.25) is 0 Å². The van der Waals surface area contributed by atoms with Crippen molar-refractivity contribution >= 4 is 5.91 Å². The molecule has 0 aromatic rings. The lowest BCUT2D eigenvalue weighted by Gasteiger charge is -2.16. The molecule has 1 N–H and O–H groups in total. The lowest BCUT2D eigenvalue weighted by Crippen LogP contribution is -2.28. The molecule has 0 aliphatic carbocycles. The Bertz CT molecular complexity index is 160. The van der Waals surface area contributed by atoms with Gasteiger partial charge in [0.05, 0.1) is 0 Å². The van der Waals surface area contributed by atoms with Crippen LogP contribution in [0.15, 0.2) is 0 Å². The molecule has 0 atom stereocenters. The maximum absolute atomic E-state index is 11.6. The highest BCUT2D eigenvalue weighted by Crippen LogP contribution is 2.02. The van der Waals surface area contributed by atoms with Crippen LogP contribution in [0.3, 0.4) is 0 Å². The Hall–Kier alpha value is -0.570. The van der Waals surface area contributed by atoms with Gasteiger partial charge < -0.3 is 10.2 Å². The first-order valence-electron chi connectivity index (χ1n) is 6.11. The average molecular weight is 214 g/mol. The predicted molar refractivity (Wildman–Crippen MR) is 64.9 cm³/mol. The molecule has 0 spiro atoms. The molecule has 0 aliphatic heterocycles. The Balaban J connectivity index is 3.42. The molecular formula is C12H26N2O. The number of hydrogen-bond donors (Lipinski definition) is 1. The standard InChI is InChI=1S/C12H26N2O/c1-4-5-6-7-11-14(3)12(15)9-8-10-13-2/h13H,4-11H2,1-3H3. The topological polar surface area (TPSA) is 32.3 Å². The number of unbranched alkanes of at least 4 members (excludes halogenated alkanes) is 3. The van der Waals surface area contributed by atoms with E-state index < -0.39 is 0 Å². The van der Waals surface area contributed by atoms with Crippen molar-refractivity contribution in [3.63, 3.8) is 0 Å². The van der Waals surface area contributed by atoms with E-state index in [2.05, 4.69) is 12.2 Å². The Kier molecular flexibility index (Phi) is 9.59. The van der Waals surface area contributed by atoms with Gasteiger partial charge in [0, 0.05) is 20.0 Å². The molecular weight excluding hydrogens is 188 g/mol. The van der Waals surface area contributed by atoms with Gasteiger partial charge in [-0.05, 0) is 26.4 Å². The third-order valence-electron chi connectivity index (χ3n) is 2.59. The predicted octanol–water partition coefficient (Wildman–Crippen LogP) is 2.02. The molecule has 0 rings (SSSR count). The van der Waals surface area contributed by atoms with Gasteiger partial charge in [-0.25, -0.2) is 0 Å². The molecule has 0 heterocycles. The molecule has 1 amide bonds. The minimum atomic E-state index is 0.279. The maximum Gasteiger partial charge on any atom is 0.222 e. The lowest BCUT2D eigenvalue weighted by atomic mass is 10.2. The number of amides is 1. The molecule has 0 radical (unpaired) electrons.